The van der Waals surface area contributed by atoms with Crippen molar-refractivity contribution in [3.05, 3.63) is 29.6 Å². The number of nitrogens with zero attached hydrogens (tertiary/aromatic N) is 1. The molecule has 0 radical (unpaired) electrons. The maximum absolute atomic E-state index is 13.9. The molecule has 2 nitrogen and oxygen atoms in total. The third-order valence-corrected chi connectivity index (χ3v) is 5.09. The van der Waals surface area contributed by atoms with Gasteiger partial charge in [0.05, 0.1) is 0 Å². The molecule has 0 bridgehead atoms. The molecule has 0 heterocycles. The summed E-state index contributed by atoms with van der Waals surface area (Å²) in [4.78, 5) is 2.30. The maximum atomic E-state index is 13.9. The molecule has 0 saturated heterocycles. The van der Waals surface area contributed by atoms with Crippen LogP contribution in [0.3, 0.4) is 0 Å². The maximum Gasteiger partial charge on any atom is 0.125 e. The largest absolute Gasteiger partial charge is 0.371 e. The number of benzene rings is 1. The molecular formula is C18H27FN2. The first kappa shape index (κ1) is 14.8. The zero-order chi connectivity index (χ0) is 14.8. The van der Waals surface area contributed by atoms with Crippen molar-refractivity contribution in [1.82, 2.24) is 5.32 Å². The van der Waals surface area contributed by atoms with E-state index in [1.165, 1.54) is 38.5 Å². The van der Waals surface area contributed by atoms with Crippen molar-refractivity contribution in [2.75, 3.05) is 11.9 Å². The van der Waals surface area contributed by atoms with E-state index in [0.29, 0.717) is 18.0 Å². The topological polar surface area (TPSA) is 15.3 Å². The SMILES string of the molecule is CC1CCCCC1N(C)c1cc(F)cc(CNC2CC2)c1. The number of anilines is 1. The third-order valence-electron chi connectivity index (χ3n) is 5.09. The van der Waals surface area contributed by atoms with Gasteiger partial charge in [0.15, 0.2) is 0 Å². The highest BCUT2D eigenvalue weighted by atomic mass is 19.1. The average molecular weight is 290 g/mol. The summed E-state index contributed by atoms with van der Waals surface area (Å²) in [5, 5.41) is 3.47. The summed E-state index contributed by atoms with van der Waals surface area (Å²) in [6.45, 7) is 3.11. The second kappa shape index (κ2) is 6.35. The molecular weight excluding hydrogens is 263 g/mol. The molecule has 3 rings (SSSR count). The molecule has 0 amide bonds. The van der Waals surface area contributed by atoms with Crippen LogP contribution in [0.5, 0.6) is 0 Å². The summed E-state index contributed by atoms with van der Waals surface area (Å²) in [6, 6.07) is 6.70. The van der Waals surface area contributed by atoms with Gasteiger partial charge >= 0.3 is 0 Å². The van der Waals surface area contributed by atoms with E-state index in [2.05, 4.69) is 30.3 Å². The zero-order valence-corrected chi connectivity index (χ0v) is 13.2. The van der Waals surface area contributed by atoms with Gasteiger partial charge in [0.1, 0.15) is 5.82 Å². The first-order valence-electron chi connectivity index (χ1n) is 8.39. The summed E-state index contributed by atoms with van der Waals surface area (Å²) >= 11 is 0. The third kappa shape index (κ3) is 3.76. The van der Waals surface area contributed by atoms with Crippen LogP contribution in [0, 0.1) is 11.7 Å². The summed E-state index contributed by atoms with van der Waals surface area (Å²) in [5.74, 6) is 0.579. The van der Waals surface area contributed by atoms with Gasteiger partial charge in [-0.2, -0.15) is 0 Å². The second-order valence-corrected chi connectivity index (χ2v) is 6.91. The van der Waals surface area contributed by atoms with Crippen molar-refractivity contribution in [2.24, 2.45) is 5.92 Å². The predicted molar refractivity (Wildman–Crippen MR) is 86.1 cm³/mol. The van der Waals surface area contributed by atoms with Crippen molar-refractivity contribution < 1.29 is 4.39 Å². The number of hydrogen-bond donors (Lipinski definition) is 1. The summed E-state index contributed by atoms with van der Waals surface area (Å²) in [7, 11) is 2.12. The van der Waals surface area contributed by atoms with Gasteiger partial charge in [-0.1, -0.05) is 19.8 Å². The van der Waals surface area contributed by atoms with Gasteiger partial charge in [-0.3, -0.25) is 0 Å². The molecule has 1 aromatic rings. The minimum absolute atomic E-state index is 0.115. The smallest absolute Gasteiger partial charge is 0.125 e. The molecule has 2 unspecified atom stereocenters. The van der Waals surface area contributed by atoms with Crippen LogP contribution in [0.2, 0.25) is 0 Å². The Kier molecular flexibility index (Phi) is 4.48. The van der Waals surface area contributed by atoms with Crippen LogP contribution >= 0.6 is 0 Å². The van der Waals surface area contributed by atoms with Crippen LogP contribution in [-0.2, 0) is 6.54 Å². The highest BCUT2D eigenvalue weighted by Crippen LogP contribution is 2.31. The monoisotopic (exact) mass is 290 g/mol. The highest BCUT2D eigenvalue weighted by molar-refractivity contribution is 5.49. The van der Waals surface area contributed by atoms with Crippen LogP contribution in [0.4, 0.5) is 10.1 Å². The van der Waals surface area contributed by atoms with Gasteiger partial charge in [-0.05, 0) is 55.4 Å². The van der Waals surface area contributed by atoms with E-state index in [1.807, 2.05) is 0 Å². The Hall–Kier alpha value is -1.09. The molecule has 1 aromatic carbocycles. The Balaban J connectivity index is 1.72. The lowest BCUT2D eigenvalue weighted by atomic mass is 9.85. The molecule has 3 heteroatoms. The first-order valence-corrected chi connectivity index (χ1v) is 8.39. The van der Waals surface area contributed by atoms with E-state index in [0.717, 1.165) is 17.8 Å². The van der Waals surface area contributed by atoms with Crippen LogP contribution in [0.25, 0.3) is 0 Å². The molecule has 0 aliphatic heterocycles. The van der Waals surface area contributed by atoms with Crippen molar-refractivity contribution in [3.8, 4) is 0 Å². The summed E-state index contributed by atoms with van der Waals surface area (Å²) in [6.07, 6.45) is 7.68. The standard InChI is InChI=1S/C18H27FN2/c1-13-5-3-4-6-18(13)21(2)17-10-14(9-15(19)11-17)12-20-16-7-8-16/h9-11,13,16,18,20H,3-8,12H2,1-2H3. The van der Waals surface area contributed by atoms with E-state index in [1.54, 1.807) is 12.1 Å². The molecule has 2 atom stereocenters. The fraction of sp³-hybridized carbons (Fsp3) is 0.667. The van der Waals surface area contributed by atoms with Crippen LogP contribution in [-0.4, -0.2) is 19.1 Å². The van der Waals surface area contributed by atoms with Crippen LogP contribution < -0.4 is 10.2 Å². The number of rotatable bonds is 5. The fourth-order valence-electron chi connectivity index (χ4n) is 3.55. The van der Waals surface area contributed by atoms with E-state index in [-0.39, 0.29) is 5.82 Å². The molecule has 0 aromatic heterocycles. The predicted octanol–water partition coefficient (Wildman–Crippen LogP) is 4.09. The number of halogens is 1. The number of nitrogens with one attached hydrogen (secondary N) is 1. The van der Waals surface area contributed by atoms with Crippen molar-refractivity contribution in [2.45, 2.75) is 64.1 Å². The van der Waals surface area contributed by atoms with E-state index in [4.69, 9.17) is 0 Å². The molecule has 116 valence electrons. The first-order chi connectivity index (χ1) is 10.1. The van der Waals surface area contributed by atoms with E-state index in [9.17, 15) is 4.39 Å². The average Bonchev–Trinajstić information content (AvgIpc) is 3.28. The molecule has 2 fully saturated rings. The van der Waals surface area contributed by atoms with Gasteiger partial charge in [-0.25, -0.2) is 4.39 Å². The Labute approximate surface area is 127 Å². The highest BCUT2D eigenvalue weighted by Gasteiger charge is 2.26. The van der Waals surface area contributed by atoms with Crippen LogP contribution in [0.1, 0.15) is 51.0 Å². The molecule has 2 saturated carbocycles. The molecule has 1 N–H and O–H groups in total. The molecule has 2 aliphatic rings. The van der Waals surface area contributed by atoms with Gasteiger partial charge in [-0.15, -0.1) is 0 Å². The number of hydrogen-bond acceptors (Lipinski definition) is 2. The summed E-state index contributed by atoms with van der Waals surface area (Å²) < 4.78 is 13.9. The molecule has 0 spiro atoms. The minimum atomic E-state index is -0.115. The Morgan fingerprint density at radius 3 is 2.62 bits per heavy atom. The lowest BCUT2D eigenvalue weighted by Gasteiger charge is -2.38. The lowest BCUT2D eigenvalue weighted by Crippen LogP contribution is -2.39. The van der Waals surface area contributed by atoms with Crippen molar-refractivity contribution in [1.29, 1.82) is 0 Å². The molecule has 2 aliphatic carbocycles. The Morgan fingerprint density at radius 2 is 1.90 bits per heavy atom. The Bertz CT molecular complexity index is 484. The van der Waals surface area contributed by atoms with E-state index >= 15 is 0 Å². The summed E-state index contributed by atoms with van der Waals surface area (Å²) in [5.41, 5.74) is 2.09. The quantitative estimate of drug-likeness (QED) is 0.878. The fourth-order valence-corrected chi connectivity index (χ4v) is 3.55. The lowest BCUT2D eigenvalue weighted by molar-refractivity contribution is 0.321. The van der Waals surface area contributed by atoms with Gasteiger partial charge in [0, 0.05) is 31.4 Å². The van der Waals surface area contributed by atoms with Gasteiger partial charge in [0.25, 0.3) is 0 Å². The van der Waals surface area contributed by atoms with E-state index < -0.39 is 0 Å². The van der Waals surface area contributed by atoms with Crippen molar-refractivity contribution in [3.63, 3.8) is 0 Å². The van der Waals surface area contributed by atoms with Crippen LogP contribution in [0.15, 0.2) is 18.2 Å². The minimum Gasteiger partial charge on any atom is -0.371 e. The molecule has 21 heavy (non-hydrogen) atoms. The van der Waals surface area contributed by atoms with Crippen molar-refractivity contribution >= 4 is 5.69 Å². The van der Waals surface area contributed by atoms with Gasteiger partial charge < -0.3 is 10.2 Å². The Morgan fingerprint density at radius 1 is 1.14 bits per heavy atom. The normalized spacial score (nSPS) is 25.9. The zero-order valence-electron chi connectivity index (χ0n) is 13.2. The van der Waals surface area contributed by atoms with Gasteiger partial charge in [0.2, 0.25) is 0 Å². The second-order valence-electron chi connectivity index (χ2n) is 6.91.